The molecule has 0 aliphatic carbocycles. The normalized spacial score (nSPS) is 10.2. The van der Waals surface area contributed by atoms with Gasteiger partial charge in [-0.15, -0.1) is 0 Å². The number of halogens is 1. The van der Waals surface area contributed by atoms with Crippen LogP contribution < -0.4 is 0 Å². The monoisotopic (exact) mass is 251 g/mol. The van der Waals surface area contributed by atoms with Crippen LogP contribution in [0.3, 0.4) is 0 Å². The predicted molar refractivity (Wildman–Crippen MR) is 62.9 cm³/mol. The first kappa shape index (κ1) is 11.7. The Bertz CT molecular complexity index is 519. The summed E-state index contributed by atoms with van der Waals surface area (Å²) in [6.07, 6.45) is 1.35. The third-order valence-corrected chi connectivity index (χ3v) is 2.33. The lowest BCUT2D eigenvalue weighted by molar-refractivity contribution is 0.0491. The molecule has 0 radical (unpaired) electrons. The summed E-state index contributed by atoms with van der Waals surface area (Å²) in [6.45, 7) is 2.03. The number of benzene rings is 1. The second kappa shape index (κ2) is 5.01. The van der Waals surface area contributed by atoms with Crippen molar-refractivity contribution in [3.05, 3.63) is 41.2 Å². The van der Waals surface area contributed by atoms with Crippen LogP contribution in [0.25, 0.3) is 11.5 Å². The number of hydrogen-bond donors (Lipinski definition) is 0. The Morgan fingerprint density at radius 3 is 2.76 bits per heavy atom. The molecule has 0 atom stereocenters. The first-order valence-corrected chi connectivity index (χ1v) is 5.47. The molecule has 0 spiro atoms. The number of aromatic nitrogens is 1. The maximum absolute atomic E-state index is 11.4. The number of oxazole rings is 1. The Kier molecular flexibility index (Phi) is 3.44. The number of ether oxygens (including phenoxy) is 1. The van der Waals surface area contributed by atoms with Gasteiger partial charge in [0.15, 0.2) is 0 Å². The zero-order chi connectivity index (χ0) is 12.3. The average Bonchev–Trinajstić information content (AvgIpc) is 2.80. The van der Waals surface area contributed by atoms with Crippen molar-refractivity contribution < 1.29 is 13.9 Å². The summed E-state index contributed by atoms with van der Waals surface area (Å²) in [6, 6.07) is 6.99. The lowest BCUT2D eigenvalue weighted by Gasteiger charge is -1.97. The lowest BCUT2D eigenvalue weighted by atomic mass is 10.2. The van der Waals surface area contributed by atoms with Crippen LogP contribution in [0.4, 0.5) is 0 Å². The molecule has 0 fully saturated rings. The quantitative estimate of drug-likeness (QED) is 0.787. The minimum atomic E-state index is -0.514. The van der Waals surface area contributed by atoms with E-state index in [0.29, 0.717) is 17.5 Å². The Morgan fingerprint density at radius 2 is 2.12 bits per heavy atom. The van der Waals surface area contributed by atoms with Crippen LogP contribution in [-0.4, -0.2) is 17.6 Å². The van der Waals surface area contributed by atoms with Crippen molar-refractivity contribution in [2.24, 2.45) is 0 Å². The molecule has 2 aromatic rings. The molecular weight excluding hydrogens is 242 g/mol. The summed E-state index contributed by atoms with van der Waals surface area (Å²) in [5.41, 5.74) is 0.755. The Balaban J connectivity index is 2.23. The number of nitrogens with zero attached hydrogens (tertiary/aromatic N) is 1. The van der Waals surface area contributed by atoms with Crippen molar-refractivity contribution in [2.75, 3.05) is 6.61 Å². The van der Waals surface area contributed by atoms with Gasteiger partial charge in [-0.2, -0.15) is 0 Å². The van der Waals surface area contributed by atoms with Crippen molar-refractivity contribution in [2.45, 2.75) is 6.92 Å². The van der Waals surface area contributed by atoms with Crippen molar-refractivity contribution in [1.29, 1.82) is 0 Å². The van der Waals surface area contributed by atoms with E-state index in [-0.39, 0.29) is 5.76 Å². The van der Waals surface area contributed by atoms with Gasteiger partial charge in [0.1, 0.15) is 0 Å². The first-order chi connectivity index (χ1) is 8.20. The molecule has 17 heavy (non-hydrogen) atoms. The van der Waals surface area contributed by atoms with Gasteiger partial charge in [0.2, 0.25) is 11.7 Å². The SMILES string of the molecule is CCOC(=O)c1cnc(-c2ccc(Cl)cc2)o1. The fraction of sp³-hybridized carbons (Fsp3) is 0.167. The molecule has 0 bridgehead atoms. The third kappa shape index (κ3) is 2.65. The van der Waals surface area contributed by atoms with Crippen LogP contribution in [0.1, 0.15) is 17.5 Å². The van der Waals surface area contributed by atoms with Gasteiger partial charge < -0.3 is 9.15 Å². The van der Waals surface area contributed by atoms with Gasteiger partial charge >= 0.3 is 5.97 Å². The van der Waals surface area contributed by atoms with Crippen LogP contribution in [0.15, 0.2) is 34.9 Å². The highest BCUT2D eigenvalue weighted by Crippen LogP contribution is 2.21. The van der Waals surface area contributed by atoms with Crippen LogP contribution in [-0.2, 0) is 4.74 Å². The maximum atomic E-state index is 11.4. The minimum absolute atomic E-state index is 0.0943. The van der Waals surface area contributed by atoms with E-state index in [4.69, 9.17) is 20.8 Å². The highest BCUT2D eigenvalue weighted by atomic mass is 35.5. The van der Waals surface area contributed by atoms with Gasteiger partial charge in [0.25, 0.3) is 0 Å². The molecule has 0 saturated heterocycles. The molecule has 1 aromatic carbocycles. The van der Waals surface area contributed by atoms with Crippen LogP contribution in [0.5, 0.6) is 0 Å². The minimum Gasteiger partial charge on any atom is -0.460 e. The van der Waals surface area contributed by atoms with Crippen molar-refractivity contribution in [1.82, 2.24) is 4.98 Å². The molecule has 0 N–H and O–H groups in total. The summed E-state index contributed by atoms with van der Waals surface area (Å²) in [4.78, 5) is 15.4. The van der Waals surface area contributed by atoms with E-state index in [2.05, 4.69) is 4.98 Å². The molecular formula is C12H10ClNO3. The second-order valence-electron chi connectivity index (χ2n) is 3.26. The van der Waals surface area contributed by atoms with Crippen molar-refractivity contribution >= 4 is 17.6 Å². The summed E-state index contributed by atoms with van der Waals surface area (Å²) in [5.74, 6) is -0.0540. The average molecular weight is 252 g/mol. The molecule has 0 amide bonds. The largest absolute Gasteiger partial charge is 0.460 e. The van der Waals surface area contributed by atoms with E-state index in [1.165, 1.54) is 6.20 Å². The Hall–Kier alpha value is -1.81. The molecule has 0 unspecified atom stereocenters. The molecule has 0 aliphatic rings. The molecule has 0 saturated carbocycles. The van der Waals surface area contributed by atoms with Gasteiger partial charge in [0, 0.05) is 10.6 Å². The molecule has 0 aliphatic heterocycles. The van der Waals surface area contributed by atoms with E-state index in [1.54, 1.807) is 31.2 Å². The Morgan fingerprint density at radius 1 is 1.41 bits per heavy atom. The summed E-state index contributed by atoms with van der Waals surface area (Å²) < 4.78 is 10.1. The fourth-order valence-electron chi connectivity index (χ4n) is 1.30. The van der Waals surface area contributed by atoms with Crippen molar-refractivity contribution in [3.8, 4) is 11.5 Å². The van der Waals surface area contributed by atoms with Crippen LogP contribution in [0.2, 0.25) is 5.02 Å². The van der Waals surface area contributed by atoms with E-state index in [1.807, 2.05) is 0 Å². The highest BCUT2D eigenvalue weighted by molar-refractivity contribution is 6.30. The number of carbonyl (C=O) groups excluding carboxylic acids is 1. The summed E-state index contributed by atoms with van der Waals surface area (Å²) in [5, 5.41) is 0.630. The first-order valence-electron chi connectivity index (χ1n) is 5.09. The zero-order valence-corrected chi connectivity index (χ0v) is 9.90. The van der Waals surface area contributed by atoms with Gasteiger partial charge in [-0.25, -0.2) is 9.78 Å². The van der Waals surface area contributed by atoms with Gasteiger partial charge in [0.05, 0.1) is 12.8 Å². The van der Waals surface area contributed by atoms with E-state index >= 15 is 0 Å². The Labute approximate surface area is 103 Å². The van der Waals surface area contributed by atoms with E-state index in [9.17, 15) is 4.79 Å². The molecule has 1 aromatic heterocycles. The maximum Gasteiger partial charge on any atom is 0.375 e. The standard InChI is InChI=1S/C12H10ClNO3/c1-2-16-12(15)10-7-14-11(17-10)8-3-5-9(13)6-4-8/h3-7H,2H2,1H3. The number of carbonyl (C=O) groups is 1. The summed E-state index contributed by atoms with van der Waals surface area (Å²) >= 11 is 5.77. The van der Waals surface area contributed by atoms with Gasteiger partial charge in [-0.3, -0.25) is 0 Å². The number of hydrogen-bond acceptors (Lipinski definition) is 4. The summed E-state index contributed by atoms with van der Waals surface area (Å²) in [7, 11) is 0. The topological polar surface area (TPSA) is 52.3 Å². The van der Waals surface area contributed by atoms with E-state index < -0.39 is 5.97 Å². The second-order valence-corrected chi connectivity index (χ2v) is 3.69. The number of rotatable bonds is 3. The fourth-order valence-corrected chi connectivity index (χ4v) is 1.42. The molecule has 1 heterocycles. The number of esters is 1. The van der Waals surface area contributed by atoms with Crippen LogP contribution >= 0.6 is 11.6 Å². The van der Waals surface area contributed by atoms with Crippen molar-refractivity contribution in [3.63, 3.8) is 0 Å². The molecule has 5 heteroatoms. The van der Waals surface area contributed by atoms with Gasteiger partial charge in [-0.05, 0) is 31.2 Å². The smallest absolute Gasteiger partial charge is 0.375 e. The predicted octanol–water partition coefficient (Wildman–Crippen LogP) is 3.17. The highest BCUT2D eigenvalue weighted by Gasteiger charge is 2.14. The molecule has 2 rings (SSSR count). The van der Waals surface area contributed by atoms with Gasteiger partial charge in [-0.1, -0.05) is 11.6 Å². The molecule has 4 nitrogen and oxygen atoms in total. The zero-order valence-electron chi connectivity index (χ0n) is 9.14. The third-order valence-electron chi connectivity index (χ3n) is 2.07. The lowest BCUT2D eigenvalue weighted by Crippen LogP contribution is -2.02. The molecule has 88 valence electrons. The van der Waals surface area contributed by atoms with E-state index in [0.717, 1.165) is 5.56 Å². The van der Waals surface area contributed by atoms with Crippen LogP contribution in [0, 0.1) is 0 Å².